The van der Waals surface area contributed by atoms with Crippen molar-refractivity contribution in [3.05, 3.63) is 59.8 Å². The predicted molar refractivity (Wildman–Crippen MR) is 109 cm³/mol. The molecule has 7 nitrogen and oxygen atoms in total. The first-order valence-corrected chi connectivity index (χ1v) is 9.56. The Kier molecular flexibility index (Phi) is 5.37. The van der Waals surface area contributed by atoms with Gasteiger partial charge in [0.2, 0.25) is 18.6 Å². The van der Waals surface area contributed by atoms with E-state index in [-0.39, 0.29) is 25.2 Å². The van der Waals surface area contributed by atoms with Crippen LogP contribution >= 0.6 is 0 Å². The third-order valence-corrected chi connectivity index (χ3v) is 4.98. The molecule has 0 fully saturated rings. The number of benzene rings is 2. The number of carbonyl (C=O) groups excluding carboxylic acids is 2. The summed E-state index contributed by atoms with van der Waals surface area (Å²) < 4.78 is 10.7. The van der Waals surface area contributed by atoms with Crippen molar-refractivity contribution >= 4 is 22.7 Å². The molecule has 0 saturated heterocycles. The Labute approximate surface area is 168 Å². The van der Waals surface area contributed by atoms with Crippen molar-refractivity contribution in [2.75, 3.05) is 19.9 Å². The number of nitrogens with zero attached hydrogens (tertiary/aromatic N) is 1. The zero-order valence-corrected chi connectivity index (χ0v) is 16.2. The summed E-state index contributed by atoms with van der Waals surface area (Å²) >= 11 is 0. The lowest BCUT2D eigenvalue weighted by Crippen LogP contribution is -2.39. The first-order chi connectivity index (χ1) is 14.1. The highest BCUT2D eigenvalue weighted by molar-refractivity contribution is 5.84. The molecule has 2 heterocycles. The minimum atomic E-state index is -0.180. The van der Waals surface area contributed by atoms with Crippen LogP contribution in [0.5, 0.6) is 11.5 Å². The van der Waals surface area contributed by atoms with Crippen LogP contribution in [0.1, 0.15) is 18.1 Å². The van der Waals surface area contributed by atoms with Crippen LogP contribution in [0.2, 0.25) is 0 Å². The van der Waals surface area contributed by atoms with Crippen molar-refractivity contribution < 1.29 is 19.1 Å². The highest BCUT2D eigenvalue weighted by Gasteiger charge is 2.17. The van der Waals surface area contributed by atoms with Gasteiger partial charge in [0.15, 0.2) is 11.5 Å². The summed E-state index contributed by atoms with van der Waals surface area (Å²) in [6.45, 7) is 2.52. The number of rotatable bonds is 7. The number of fused-ring (bicyclic) bond motifs is 2. The van der Waals surface area contributed by atoms with E-state index in [1.54, 1.807) is 0 Å². The molecule has 0 spiro atoms. The van der Waals surface area contributed by atoms with Gasteiger partial charge in [-0.25, -0.2) is 0 Å². The first kappa shape index (κ1) is 18.9. The Balaban J connectivity index is 1.31. The number of para-hydroxylation sites is 1. The molecule has 7 heteroatoms. The lowest BCUT2D eigenvalue weighted by molar-refractivity contribution is -0.134. The molecule has 1 aliphatic heterocycles. The second-order valence-corrected chi connectivity index (χ2v) is 7.02. The predicted octanol–water partition coefficient (Wildman–Crippen LogP) is 2.60. The van der Waals surface area contributed by atoms with E-state index in [1.807, 2.05) is 42.6 Å². The summed E-state index contributed by atoms with van der Waals surface area (Å²) in [5.74, 6) is 1.02. The Morgan fingerprint density at radius 1 is 1.14 bits per heavy atom. The number of hydrogen-bond donors (Lipinski definition) is 2. The standard InChI is InChI=1S/C22H23N3O4/c1-15(26)25(12-16-6-7-20-21(10-16)29-14-28-20)13-22(27)23-9-8-17-11-24-19-5-3-2-4-18(17)19/h2-7,10-11,24H,8-9,12-14H2,1H3,(H,23,27). The van der Waals surface area contributed by atoms with E-state index < -0.39 is 0 Å². The van der Waals surface area contributed by atoms with Gasteiger partial charge in [0.05, 0.1) is 6.54 Å². The van der Waals surface area contributed by atoms with Gasteiger partial charge in [0.1, 0.15) is 0 Å². The minimum Gasteiger partial charge on any atom is -0.454 e. The number of H-pyrrole nitrogens is 1. The molecular formula is C22H23N3O4. The van der Waals surface area contributed by atoms with Crippen molar-refractivity contribution in [2.24, 2.45) is 0 Å². The third-order valence-electron chi connectivity index (χ3n) is 4.98. The molecule has 2 N–H and O–H groups in total. The van der Waals surface area contributed by atoms with Crippen molar-refractivity contribution in [3.8, 4) is 11.5 Å². The number of amides is 2. The van der Waals surface area contributed by atoms with Crippen LogP contribution in [-0.4, -0.2) is 41.6 Å². The SMILES string of the molecule is CC(=O)N(CC(=O)NCCc1c[nH]c2ccccc12)Cc1ccc2c(c1)OCO2. The summed E-state index contributed by atoms with van der Waals surface area (Å²) in [4.78, 5) is 29.1. The topological polar surface area (TPSA) is 83.7 Å². The first-order valence-electron chi connectivity index (χ1n) is 9.56. The van der Waals surface area contributed by atoms with Crippen molar-refractivity contribution in [2.45, 2.75) is 19.9 Å². The Hall–Kier alpha value is -3.48. The van der Waals surface area contributed by atoms with Crippen molar-refractivity contribution in [1.82, 2.24) is 15.2 Å². The molecule has 0 aliphatic carbocycles. The molecule has 0 radical (unpaired) electrons. The summed E-state index contributed by atoms with van der Waals surface area (Å²) in [6.07, 6.45) is 2.69. The largest absolute Gasteiger partial charge is 0.454 e. The molecule has 0 bridgehead atoms. The van der Waals surface area contributed by atoms with Gasteiger partial charge in [-0.3, -0.25) is 9.59 Å². The number of carbonyl (C=O) groups is 2. The van der Waals surface area contributed by atoms with Gasteiger partial charge in [-0.15, -0.1) is 0 Å². The fourth-order valence-corrected chi connectivity index (χ4v) is 3.44. The number of aromatic amines is 1. The molecule has 150 valence electrons. The molecule has 2 amide bonds. The smallest absolute Gasteiger partial charge is 0.239 e. The summed E-state index contributed by atoms with van der Waals surface area (Å²) in [5, 5.41) is 4.07. The van der Waals surface area contributed by atoms with E-state index in [1.165, 1.54) is 11.8 Å². The fraction of sp³-hybridized carbons (Fsp3) is 0.273. The lowest BCUT2D eigenvalue weighted by Gasteiger charge is -2.21. The maximum absolute atomic E-state index is 12.4. The van der Waals surface area contributed by atoms with Crippen LogP contribution in [-0.2, 0) is 22.6 Å². The molecule has 2 aromatic carbocycles. The highest BCUT2D eigenvalue weighted by Crippen LogP contribution is 2.32. The summed E-state index contributed by atoms with van der Waals surface area (Å²) in [7, 11) is 0. The number of aromatic nitrogens is 1. The quantitative estimate of drug-likeness (QED) is 0.646. The van der Waals surface area contributed by atoms with E-state index >= 15 is 0 Å². The van der Waals surface area contributed by atoms with Gasteiger partial charge in [0, 0.05) is 37.1 Å². The van der Waals surface area contributed by atoms with Gasteiger partial charge in [-0.1, -0.05) is 24.3 Å². The van der Waals surface area contributed by atoms with Crippen LogP contribution in [0.25, 0.3) is 10.9 Å². The fourth-order valence-electron chi connectivity index (χ4n) is 3.44. The maximum Gasteiger partial charge on any atom is 0.239 e. The third kappa shape index (κ3) is 4.34. The highest BCUT2D eigenvalue weighted by atomic mass is 16.7. The number of hydrogen-bond acceptors (Lipinski definition) is 4. The van der Waals surface area contributed by atoms with Gasteiger partial charge in [0.25, 0.3) is 0 Å². The van der Waals surface area contributed by atoms with Crippen LogP contribution in [0.15, 0.2) is 48.7 Å². The molecule has 29 heavy (non-hydrogen) atoms. The van der Waals surface area contributed by atoms with Gasteiger partial charge < -0.3 is 24.7 Å². The molecule has 0 unspecified atom stereocenters. The normalized spacial score (nSPS) is 12.2. The van der Waals surface area contributed by atoms with E-state index in [0.29, 0.717) is 24.6 Å². The molecule has 1 aromatic heterocycles. The second-order valence-electron chi connectivity index (χ2n) is 7.02. The van der Waals surface area contributed by atoms with E-state index in [0.717, 1.165) is 28.5 Å². The van der Waals surface area contributed by atoms with Crippen LogP contribution in [0.4, 0.5) is 0 Å². The van der Waals surface area contributed by atoms with Crippen molar-refractivity contribution in [3.63, 3.8) is 0 Å². The van der Waals surface area contributed by atoms with E-state index in [4.69, 9.17) is 9.47 Å². The summed E-state index contributed by atoms with van der Waals surface area (Å²) in [5.41, 5.74) is 3.13. The van der Waals surface area contributed by atoms with Crippen molar-refractivity contribution in [1.29, 1.82) is 0 Å². The Bertz CT molecular complexity index is 1040. The monoisotopic (exact) mass is 393 g/mol. The molecule has 0 atom stereocenters. The van der Waals surface area contributed by atoms with E-state index in [2.05, 4.69) is 16.4 Å². The summed E-state index contributed by atoms with van der Waals surface area (Å²) in [6, 6.07) is 13.6. The molecule has 4 rings (SSSR count). The zero-order valence-electron chi connectivity index (χ0n) is 16.2. The molecule has 1 aliphatic rings. The Morgan fingerprint density at radius 2 is 1.97 bits per heavy atom. The Morgan fingerprint density at radius 3 is 2.83 bits per heavy atom. The van der Waals surface area contributed by atoms with Gasteiger partial charge >= 0.3 is 0 Å². The van der Waals surface area contributed by atoms with Crippen LogP contribution in [0, 0.1) is 0 Å². The zero-order chi connectivity index (χ0) is 20.2. The average molecular weight is 393 g/mol. The van der Waals surface area contributed by atoms with E-state index in [9.17, 15) is 9.59 Å². The molecular weight excluding hydrogens is 370 g/mol. The average Bonchev–Trinajstić information content (AvgIpc) is 3.34. The second kappa shape index (κ2) is 8.26. The minimum absolute atomic E-state index is 0.0116. The molecule has 0 saturated carbocycles. The maximum atomic E-state index is 12.4. The number of nitrogens with one attached hydrogen (secondary N) is 2. The van der Waals surface area contributed by atoms with Gasteiger partial charge in [-0.05, 0) is 35.7 Å². The number of ether oxygens (including phenoxy) is 2. The lowest BCUT2D eigenvalue weighted by atomic mass is 10.1. The van der Waals surface area contributed by atoms with Crippen LogP contribution < -0.4 is 14.8 Å². The van der Waals surface area contributed by atoms with Gasteiger partial charge in [-0.2, -0.15) is 0 Å². The molecule has 3 aromatic rings. The van der Waals surface area contributed by atoms with Crippen LogP contribution in [0.3, 0.4) is 0 Å².